The van der Waals surface area contributed by atoms with Crippen molar-refractivity contribution < 1.29 is 0 Å². The number of guanidine groups is 1. The zero-order valence-corrected chi connectivity index (χ0v) is 11.7. The van der Waals surface area contributed by atoms with Gasteiger partial charge in [-0.1, -0.05) is 54.6 Å². The fraction of sp³-hybridized carbons (Fsp3) is 0.125. The van der Waals surface area contributed by atoms with Crippen molar-refractivity contribution in [2.24, 2.45) is 15.8 Å². The van der Waals surface area contributed by atoms with Gasteiger partial charge in [0.2, 0.25) is 5.96 Å². The maximum absolute atomic E-state index is 5.53. The molecule has 0 aliphatic rings. The average molecular weight is 266 g/mol. The molecule has 0 atom stereocenters. The summed E-state index contributed by atoms with van der Waals surface area (Å²) in [5.41, 5.74) is 12.5. The smallest absolute Gasteiger partial charge is 0.209 e. The number of hydrogen-bond acceptors (Lipinski definition) is 2. The third-order valence-electron chi connectivity index (χ3n) is 2.99. The summed E-state index contributed by atoms with van der Waals surface area (Å²) in [5.74, 6) is 0.297. The Labute approximate surface area is 119 Å². The quantitative estimate of drug-likeness (QED) is 0.509. The highest BCUT2D eigenvalue weighted by molar-refractivity contribution is 5.99. The minimum absolute atomic E-state index is 0.297. The lowest BCUT2D eigenvalue weighted by Crippen LogP contribution is -2.27. The monoisotopic (exact) mass is 266 g/mol. The SMILES string of the molecule is CN=C(N)NN=C(C)c1ccc(-c2ccccc2)cc1. The minimum atomic E-state index is 0.297. The van der Waals surface area contributed by atoms with E-state index >= 15 is 0 Å². The summed E-state index contributed by atoms with van der Waals surface area (Å²) < 4.78 is 0. The zero-order valence-electron chi connectivity index (χ0n) is 11.7. The molecule has 0 aromatic heterocycles. The fourth-order valence-corrected chi connectivity index (χ4v) is 1.79. The van der Waals surface area contributed by atoms with Crippen molar-refractivity contribution in [2.45, 2.75) is 6.92 Å². The van der Waals surface area contributed by atoms with Gasteiger partial charge in [-0.15, -0.1) is 0 Å². The zero-order chi connectivity index (χ0) is 14.4. The molecule has 2 aromatic carbocycles. The van der Waals surface area contributed by atoms with Crippen LogP contribution >= 0.6 is 0 Å². The first-order chi connectivity index (χ1) is 9.70. The molecule has 0 saturated carbocycles. The molecule has 0 saturated heterocycles. The highest BCUT2D eigenvalue weighted by Gasteiger charge is 2.00. The molecule has 0 fully saturated rings. The van der Waals surface area contributed by atoms with E-state index in [1.165, 1.54) is 11.1 Å². The van der Waals surface area contributed by atoms with E-state index in [0.29, 0.717) is 5.96 Å². The van der Waals surface area contributed by atoms with Crippen LogP contribution in [0.4, 0.5) is 0 Å². The van der Waals surface area contributed by atoms with E-state index in [9.17, 15) is 0 Å². The van der Waals surface area contributed by atoms with Crippen molar-refractivity contribution in [3.63, 3.8) is 0 Å². The molecule has 3 N–H and O–H groups in total. The van der Waals surface area contributed by atoms with Crippen LogP contribution in [0.2, 0.25) is 0 Å². The fourth-order valence-electron chi connectivity index (χ4n) is 1.79. The van der Waals surface area contributed by atoms with Crippen molar-refractivity contribution in [1.82, 2.24) is 5.43 Å². The van der Waals surface area contributed by atoms with Crippen LogP contribution in [-0.4, -0.2) is 18.7 Å². The molecule has 2 aromatic rings. The highest BCUT2D eigenvalue weighted by Crippen LogP contribution is 2.19. The lowest BCUT2D eigenvalue weighted by Gasteiger charge is -2.05. The number of nitrogens with two attached hydrogens (primary N) is 1. The summed E-state index contributed by atoms with van der Waals surface area (Å²) >= 11 is 0. The summed E-state index contributed by atoms with van der Waals surface area (Å²) in [4.78, 5) is 3.78. The standard InChI is InChI=1S/C16H18N4/c1-12(19-20-16(17)18-2)13-8-10-15(11-9-13)14-6-4-3-5-7-14/h3-11H,1-2H3,(H3,17,18,20). The molecular formula is C16H18N4. The Bertz CT molecular complexity index is 613. The van der Waals surface area contributed by atoms with E-state index in [1.54, 1.807) is 7.05 Å². The number of nitrogens with zero attached hydrogens (tertiary/aromatic N) is 2. The number of benzene rings is 2. The number of rotatable bonds is 3. The van der Waals surface area contributed by atoms with Gasteiger partial charge in [0, 0.05) is 7.05 Å². The van der Waals surface area contributed by atoms with Gasteiger partial charge in [0.1, 0.15) is 0 Å². The Balaban J connectivity index is 2.16. The molecule has 0 amide bonds. The van der Waals surface area contributed by atoms with Crippen LogP contribution in [0.5, 0.6) is 0 Å². The number of aliphatic imine (C=N–C) groups is 1. The topological polar surface area (TPSA) is 62.8 Å². The molecule has 2 rings (SSSR count). The molecular weight excluding hydrogens is 248 g/mol. The van der Waals surface area contributed by atoms with Gasteiger partial charge in [-0.2, -0.15) is 5.10 Å². The van der Waals surface area contributed by atoms with Gasteiger partial charge in [0.25, 0.3) is 0 Å². The molecule has 0 aliphatic heterocycles. The Morgan fingerprint density at radius 2 is 1.55 bits per heavy atom. The van der Waals surface area contributed by atoms with Gasteiger partial charge in [-0.25, -0.2) is 5.43 Å². The van der Waals surface area contributed by atoms with Crippen molar-refractivity contribution in [1.29, 1.82) is 0 Å². The third kappa shape index (κ3) is 3.45. The summed E-state index contributed by atoms with van der Waals surface area (Å²) in [5, 5.41) is 4.18. The molecule has 0 radical (unpaired) electrons. The van der Waals surface area contributed by atoms with Crippen LogP contribution in [0, 0.1) is 0 Å². The number of hydrogen-bond donors (Lipinski definition) is 2. The first-order valence-electron chi connectivity index (χ1n) is 6.39. The third-order valence-corrected chi connectivity index (χ3v) is 2.99. The second-order valence-corrected chi connectivity index (χ2v) is 4.36. The number of nitrogens with one attached hydrogen (secondary N) is 1. The molecule has 20 heavy (non-hydrogen) atoms. The Hall–Kier alpha value is -2.62. The molecule has 102 valence electrons. The van der Waals surface area contributed by atoms with Crippen LogP contribution in [0.25, 0.3) is 11.1 Å². The summed E-state index contributed by atoms with van der Waals surface area (Å²) in [6.45, 7) is 1.92. The predicted molar refractivity (Wildman–Crippen MR) is 84.8 cm³/mol. The van der Waals surface area contributed by atoms with Crippen LogP contribution in [0.15, 0.2) is 64.7 Å². The van der Waals surface area contributed by atoms with Gasteiger partial charge >= 0.3 is 0 Å². The van der Waals surface area contributed by atoms with Crippen molar-refractivity contribution in [3.8, 4) is 11.1 Å². The molecule has 0 spiro atoms. The van der Waals surface area contributed by atoms with Gasteiger partial charge in [0.15, 0.2) is 0 Å². The van der Waals surface area contributed by atoms with Crippen LogP contribution in [-0.2, 0) is 0 Å². The van der Waals surface area contributed by atoms with Gasteiger partial charge in [-0.05, 0) is 23.6 Å². The summed E-state index contributed by atoms with van der Waals surface area (Å²) in [7, 11) is 1.61. The van der Waals surface area contributed by atoms with Crippen LogP contribution in [0.3, 0.4) is 0 Å². The molecule has 0 unspecified atom stereocenters. The average Bonchev–Trinajstić information content (AvgIpc) is 2.53. The van der Waals surface area contributed by atoms with E-state index in [2.05, 4.69) is 39.8 Å². The minimum Gasteiger partial charge on any atom is -0.369 e. The summed E-state index contributed by atoms with van der Waals surface area (Å²) in [6.07, 6.45) is 0. The van der Waals surface area contributed by atoms with E-state index in [1.807, 2.05) is 37.3 Å². The molecule has 0 heterocycles. The lowest BCUT2D eigenvalue weighted by atomic mass is 10.0. The van der Waals surface area contributed by atoms with Crippen LogP contribution in [0.1, 0.15) is 12.5 Å². The van der Waals surface area contributed by atoms with E-state index in [-0.39, 0.29) is 0 Å². The maximum atomic E-state index is 5.53. The second-order valence-electron chi connectivity index (χ2n) is 4.36. The van der Waals surface area contributed by atoms with Gasteiger partial charge < -0.3 is 5.73 Å². The first-order valence-corrected chi connectivity index (χ1v) is 6.39. The van der Waals surface area contributed by atoms with E-state index in [4.69, 9.17) is 5.73 Å². The molecule has 4 nitrogen and oxygen atoms in total. The number of hydrazone groups is 1. The molecule has 0 aliphatic carbocycles. The van der Waals surface area contributed by atoms with E-state index in [0.717, 1.165) is 11.3 Å². The van der Waals surface area contributed by atoms with Crippen molar-refractivity contribution >= 4 is 11.7 Å². The highest BCUT2D eigenvalue weighted by atomic mass is 15.4. The first kappa shape index (κ1) is 13.8. The summed E-state index contributed by atoms with van der Waals surface area (Å²) in [6, 6.07) is 18.5. The Morgan fingerprint density at radius 3 is 2.15 bits per heavy atom. The van der Waals surface area contributed by atoms with Crippen molar-refractivity contribution in [3.05, 3.63) is 60.2 Å². The maximum Gasteiger partial charge on any atom is 0.209 e. The molecule has 4 heteroatoms. The molecule has 0 bridgehead atoms. The lowest BCUT2D eigenvalue weighted by molar-refractivity contribution is 0.997. The predicted octanol–water partition coefficient (Wildman–Crippen LogP) is 2.61. The normalized spacial score (nSPS) is 12.3. The second kappa shape index (κ2) is 6.52. The largest absolute Gasteiger partial charge is 0.369 e. The van der Waals surface area contributed by atoms with Crippen LogP contribution < -0.4 is 11.2 Å². The Kier molecular flexibility index (Phi) is 4.50. The van der Waals surface area contributed by atoms with Gasteiger partial charge in [-0.3, -0.25) is 4.99 Å². The Morgan fingerprint density at radius 1 is 0.950 bits per heavy atom. The van der Waals surface area contributed by atoms with E-state index < -0.39 is 0 Å². The van der Waals surface area contributed by atoms with Gasteiger partial charge in [0.05, 0.1) is 5.71 Å². The van der Waals surface area contributed by atoms with Crippen molar-refractivity contribution in [2.75, 3.05) is 7.05 Å².